The molecule has 1 saturated heterocycles. The van der Waals surface area contributed by atoms with E-state index in [1.165, 1.54) is 12.0 Å². The summed E-state index contributed by atoms with van der Waals surface area (Å²) in [6.07, 6.45) is 5.21. The van der Waals surface area contributed by atoms with E-state index < -0.39 is 0 Å². The Balaban J connectivity index is 2.25. The zero-order valence-electron chi connectivity index (χ0n) is 9.92. The molecule has 1 aliphatic heterocycles. The molecule has 15 heavy (non-hydrogen) atoms. The fraction of sp³-hybridized carbons (Fsp3) is 0.769. The number of Topliss-reactive ketones (excluding diaryl/α,β-unsaturated/α-hetero) is 1. The van der Waals surface area contributed by atoms with Crippen LogP contribution in [0.3, 0.4) is 0 Å². The van der Waals surface area contributed by atoms with Crippen LogP contribution in [0.15, 0.2) is 12.2 Å². The van der Waals surface area contributed by atoms with Gasteiger partial charge < -0.3 is 4.74 Å². The minimum Gasteiger partial charge on any atom is -0.370 e. The molecule has 1 heterocycles. The molecule has 0 radical (unpaired) electrons. The number of hydrogen-bond donors (Lipinski definition) is 0. The van der Waals surface area contributed by atoms with E-state index in [2.05, 4.69) is 13.5 Å². The van der Waals surface area contributed by atoms with E-state index in [1.807, 2.05) is 0 Å². The van der Waals surface area contributed by atoms with E-state index in [4.69, 9.17) is 4.74 Å². The number of hydrogen-bond acceptors (Lipinski definition) is 2. The fourth-order valence-electron chi connectivity index (χ4n) is 2.15. The predicted octanol–water partition coefficient (Wildman–Crippen LogP) is 3.12. The smallest absolute Gasteiger partial charge is 0.158 e. The zero-order chi connectivity index (χ0) is 11.3. The third-order valence-corrected chi connectivity index (χ3v) is 3.00. The molecule has 0 saturated carbocycles. The van der Waals surface area contributed by atoms with Crippen LogP contribution in [0.1, 0.15) is 46.0 Å². The molecule has 86 valence electrons. The van der Waals surface area contributed by atoms with E-state index in [-0.39, 0.29) is 11.9 Å². The Morgan fingerprint density at radius 2 is 2.20 bits per heavy atom. The molecule has 0 bridgehead atoms. The largest absolute Gasteiger partial charge is 0.370 e. The van der Waals surface area contributed by atoms with Gasteiger partial charge in [-0.05, 0) is 38.5 Å². The molecule has 1 fully saturated rings. The molecule has 2 heteroatoms. The molecule has 0 aromatic heterocycles. The summed E-state index contributed by atoms with van der Waals surface area (Å²) in [5, 5.41) is 0. The molecular formula is C13H22O2. The lowest BCUT2D eigenvalue weighted by Gasteiger charge is -2.28. The molecule has 0 spiro atoms. The zero-order valence-corrected chi connectivity index (χ0v) is 9.92. The van der Waals surface area contributed by atoms with Crippen LogP contribution in [0, 0.1) is 5.92 Å². The van der Waals surface area contributed by atoms with Gasteiger partial charge >= 0.3 is 0 Å². The van der Waals surface area contributed by atoms with E-state index in [1.54, 1.807) is 6.92 Å². The van der Waals surface area contributed by atoms with E-state index in [0.29, 0.717) is 5.92 Å². The first kappa shape index (κ1) is 12.4. The van der Waals surface area contributed by atoms with Crippen molar-refractivity contribution in [3.05, 3.63) is 12.2 Å². The highest BCUT2D eigenvalue weighted by Gasteiger charge is 2.24. The molecule has 0 aliphatic carbocycles. The van der Waals surface area contributed by atoms with Crippen molar-refractivity contribution in [2.24, 2.45) is 5.92 Å². The van der Waals surface area contributed by atoms with Crippen molar-refractivity contribution in [2.75, 3.05) is 6.61 Å². The van der Waals surface area contributed by atoms with Crippen molar-refractivity contribution in [3.8, 4) is 0 Å². The highest BCUT2D eigenvalue weighted by molar-refractivity contribution is 5.80. The summed E-state index contributed by atoms with van der Waals surface area (Å²) in [6.45, 7) is 8.59. The van der Waals surface area contributed by atoms with Crippen LogP contribution in [0.5, 0.6) is 0 Å². The molecule has 2 atom stereocenters. The molecule has 1 rings (SSSR count). The van der Waals surface area contributed by atoms with Crippen molar-refractivity contribution < 1.29 is 9.53 Å². The van der Waals surface area contributed by atoms with Crippen LogP contribution < -0.4 is 0 Å². The number of carbonyl (C=O) groups is 1. The van der Waals surface area contributed by atoms with Crippen LogP contribution in [-0.4, -0.2) is 18.5 Å². The number of allylic oxidation sites excluding steroid dienone is 1. The van der Waals surface area contributed by atoms with Gasteiger partial charge in [-0.2, -0.15) is 0 Å². The van der Waals surface area contributed by atoms with E-state index in [9.17, 15) is 4.79 Å². The number of ether oxygens (including phenoxy) is 1. The minimum absolute atomic E-state index is 0.138. The normalized spacial score (nSPS) is 26.3. The Kier molecular flexibility index (Phi) is 5.03. The topological polar surface area (TPSA) is 26.3 Å². The van der Waals surface area contributed by atoms with Crippen molar-refractivity contribution in [1.29, 1.82) is 0 Å². The first-order chi connectivity index (χ1) is 7.13. The molecule has 2 nitrogen and oxygen atoms in total. The highest BCUT2D eigenvalue weighted by atomic mass is 16.5. The number of rotatable bonds is 5. The predicted molar refractivity (Wildman–Crippen MR) is 61.8 cm³/mol. The van der Waals surface area contributed by atoms with Crippen LogP contribution in [-0.2, 0) is 9.53 Å². The van der Waals surface area contributed by atoms with Crippen molar-refractivity contribution >= 4 is 5.78 Å². The van der Waals surface area contributed by atoms with Gasteiger partial charge in [0, 0.05) is 0 Å². The summed E-state index contributed by atoms with van der Waals surface area (Å²) in [4.78, 5) is 11.1. The monoisotopic (exact) mass is 210 g/mol. The molecule has 0 N–H and O–H groups in total. The van der Waals surface area contributed by atoms with Gasteiger partial charge in [0.1, 0.15) is 6.10 Å². The molecular weight excluding hydrogens is 188 g/mol. The summed E-state index contributed by atoms with van der Waals surface area (Å²) >= 11 is 0. The van der Waals surface area contributed by atoms with Gasteiger partial charge in [0.25, 0.3) is 0 Å². The second kappa shape index (κ2) is 6.06. The van der Waals surface area contributed by atoms with Crippen molar-refractivity contribution in [3.63, 3.8) is 0 Å². The number of ketones is 1. The highest BCUT2D eigenvalue weighted by Crippen LogP contribution is 2.25. The van der Waals surface area contributed by atoms with Gasteiger partial charge in [-0.3, -0.25) is 4.79 Å². The van der Waals surface area contributed by atoms with Gasteiger partial charge in [0.15, 0.2) is 5.78 Å². The summed E-state index contributed by atoms with van der Waals surface area (Å²) in [6, 6.07) is 0. The van der Waals surface area contributed by atoms with E-state index in [0.717, 1.165) is 32.3 Å². The molecule has 1 unspecified atom stereocenters. The lowest BCUT2D eigenvalue weighted by atomic mass is 9.90. The third kappa shape index (κ3) is 4.17. The van der Waals surface area contributed by atoms with Crippen LogP contribution in [0.2, 0.25) is 0 Å². The van der Waals surface area contributed by atoms with Gasteiger partial charge in [-0.15, -0.1) is 0 Å². The summed E-state index contributed by atoms with van der Waals surface area (Å²) < 4.78 is 5.54. The van der Waals surface area contributed by atoms with Crippen LogP contribution >= 0.6 is 0 Å². The van der Waals surface area contributed by atoms with Crippen LogP contribution in [0.25, 0.3) is 0 Å². The fourth-order valence-corrected chi connectivity index (χ4v) is 2.15. The quantitative estimate of drug-likeness (QED) is 0.652. The molecule has 0 aromatic rings. The van der Waals surface area contributed by atoms with Gasteiger partial charge in [-0.25, -0.2) is 0 Å². The standard InChI is InChI=1S/C13H22O2/c1-4-5-10(2)8-12-6-7-13(11(3)14)15-9-12/h12-13H,2,4-9H2,1,3H3/t12?,13-/m1/s1. The Hall–Kier alpha value is -0.630. The average Bonchev–Trinajstić information content (AvgIpc) is 2.18. The maximum absolute atomic E-state index is 11.1. The molecule has 0 aromatic carbocycles. The second-order valence-electron chi connectivity index (χ2n) is 4.58. The summed E-state index contributed by atoms with van der Waals surface area (Å²) in [5.74, 6) is 0.750. The molecule has 1 aliphatic rings. The third-order valence-electron chi connectivity index (χ3n) is 3.00. The first-order valence-corrected chi connectivity index (χ1v) is 5.92. The second-order valence-corrected chi connectivity index (χ2v) is 4.58. The van der Waals surface area contributed by atoms with Gasteiger partial charge in [-0.1, -0.05) is 25.5 Å². The number of carbonyl (C=O) groups excluding carboxylic acids is 1. The van der Waals surface area contributed by atoms with Crippen molar-refractivity contribution in [1.82, 2.24) is 0 Å². The SMILES string of the molecule is C=C(CCC)CC1CC[C@H](C(C)=O)OC1. The minimum atomic E-state index is -0.138. The Morgan fingerprint density at radius 3 is 2.67 bits per heavy atom. The Labute approximate surface area is 92.7 Å². The van der Waals surface area contributed by atoms with E-state index >= 15 is 0 Å². The lowest BCUT2D eigenvalue weighted by molar-refractivity contribution is -0.132. The maximum atomic E-state index is 11.1. The van der Waals surface area contributed by atoms with Crippen LogP contribution in [0.4, 0.5) is 0 Å². The van der Waals surface area contributed by atoms with Gasteiger partial charge in [0.2, 0.25) is 0 Å². The lowest BCUT2D eigenvalue weighted by Crippen LogP contribution is -2.31. The Bertz CT molecular complexity index is 225. The van der Waals surface area contributed by atoms with Crippen molar-refractivity contribution in [2.45, 2.75) is 52.1 Å². The van der Waals surface area contributed by atoms with Gasteiger partial charge in [0.05, 0.1) is 6.61 Å². The Morgan fingerprint density at radius 1 is 1.47 bits per heavy atom. The first-order valence-electron chi connectivity index (χ1n) is 5.92. The molecule has 0 amide bonds. The maximum Gasteiger partial charge on any atom is 0.158 e. The summed E-state index contributed by atoms with van der Waals surface area (Å²) in [5.41, 5.74) is 1.33. The summed E-state index contributed by atoms with van der Waals surface area (Å²) in [7, 11) is 0. The average molecular weight is 210 g/mol.